The van der Waals surface area contributed by atoms with Crippen LogP contribution in [-0.4, -0.2) is 12.6 Å². The molecule has 0 bridgehead atoms. The van der Waals surface area contributed by atoms with Gasteiger partial charge in [0.1, 0.15) is 5.56 Å². The van der Waals surface area contributed by atoms with Crippen molar-refractivity contribution < 1.29 is 27.4 Å². The zero-order valence-electron chi connectivity index (χ0n) is 10.7. The highest BCUT2D eigenvalue weighted by Gasteiger charge is 2.44. The Bertz CT molecular complexity index is 498. The predicted molar refractivity (Wildman–Crippen MR) is 62.6 cm³/mol. The number of hydrogen-bond donors (Lipinski definition) is 0. The first-order valence-corrected chi connectivity index (χ1v) is 6.36. The number of carbonyl (C=O) groups is 1. The molecule has 0 aliphatic heterocycles. The lowest BCUT2D eigenvalue weighted by Gasteiger charge is -2.11. The van der Waals surface area contributed by atoms with Crippen LogP contribution in [0.2, 0.25) is 0 Å². The Hall–Kier alpha value is -1.79. The summed E-state index contributed by atoms with van der Waals surface area (Å²) >= 11 is 0. The van der Waals surface area contributed by atoms with Crippen molar-refractivity contribution in [1.82, 2.24) is 0 Å². The molecule has 20 heavy (non-hydrogen) atoms. The SMILES string of the molecule is O=C(OCCCC1CC1)c1ccc[n+]([O-])c1C(F)(F)F. The molecule has 0 radical (unpaired) electrons. The molecule has 1 aliphatic rings. The smallest absolute Gasteiger partial charge is 0.479 e. The van der Waals surface area contributed by atoms with Crippen molar-refractivity contribution in [2.45, 2.75) is 31.9 Å². The van der Waals surface area contributed by atoms with Gasteiger partial charge in [0, 0.05) is 6.07 Å². The van der Waals surface area contributed by atoms with Crippen molar-refractivity contribution in [1.29, 1.82) is 0 Å². The molecule has 0 saturated heterocycles. The molecule has 2 rings (SSSR count). The van der Waals surface area contributed by atoms with Gasteiger partial charge < -0.3 is 9.94 Å². The topological polar surface area (TPSA) is 53.2 Å². The Balaban J connectivity index is 2.02. The number of ether oxygens (including phenoxy) is 1. The third kappa shape index (κ3) is 3.61. The van der Waals surface area contributed by atoms with Gasteiger partial charge in [-0.1, -0.05) is 12.8 Å². The van der Waals surface area contributed by atoms with Gasteiger partial charge in [-0.25, -0.2) is 4.79 Å². The van der Waals surface area contributed by atoms with Crippen molar-refractivity contribution in [3.05, 3.63) is 34.8 Å². The molecule has 1 heterocycles. The average Bonchev–Trinajstić information content (AvgIpc) is 3.16. The second-order valence-electron chi connectivity index (χ2n) is 4.82. The highest BCUT2D eigenvalue weighted by molar-refractivity contribution is 5.90. The van der Waals surface area contributed by atoms with Gasteiger partial charge in [-0.2, -0.15) is 17.9 Å². The minimum Gasteiger partial charge on any atom is -0.618 e. The van der Waals surface area contributed by atoms with Gasteiger partial charge in [0.05, 0.1) is 6.61 Å². The molecule has 110 valence electrons. The molecule has 1 aromatic heterocycles. The number of rotatable bonds is 5. The number of esters is 1. The number of aromatic nitrogens is 1. The van der Waals surface area contributed by atoms with E-state index in [1.54, 1.807) is 0 Å². The molecule has 0 amide bonds. The van der Waals surface area contributed by atoms with Crippen molar-refractivity contribution in [3.8, 4) is 0 Å². The lowest BCUT2D eigenvalue weighted by atomic mass is 10.2. The van der Waals surface area contributed by atoms with E-state index >= 15 is 0 Å². The fourth-order valence-corrected chi connectivity index (χ4v) is 1.95. The number of alkyl halides is 3. The number of hydrogen-bond acceptors (Lipinski definition) is 3. The molecule has 0 spiro atoms. The van der Waals surface area contributed by atoms with Crippen molar-refractivity contribution in [2.24, 2.45) is 5.92 Å². The average molecular weight is 289 g/mol. The van der Waals surface area contributed by atoms with Gasteiger partial charge >= 0.3 is 17.8 Å². The van der Waals surface area contributed by atoms with Crippen LogP contribution in [0.4, 0.5) is 13.2 Å². The fraction of sp³-hybridized carbons (Fsp3) is 0.538. The Kier molecular flexibility index (Phi) is 4.15. The van der Waals surface area contributed by atoms with Crippen LogP contribution in [0.5, 0.6) is 0 Å². The minimum atomic E-state index is -4.90. The van der Waals surface area contributed by atoms with E-state index < -0.39 is 23.4 Å². The quantitative estimate of drug-likeness (QED) is 0.362. The Morgan fingerprint density at radius 2 is 2.15 bits per heavy atom. The fourth-order valence-electron chi connectivity index (χ4n) is 1.95. The zero-order chi connectivity index (χ0) is 14.8. The van der Waals surface area contributed by atoms with Crippen LogP contribution in [-0.2, 0) is 10.9 Å². The summed E-state index contributed by atoms with van der Waals surface area (Å²) in [5.41, 5.74) is -2.28. The molecule has 7 heteroatoms. The number of nitrogens with zero attached hydrogens (tertiary/aromatic N) is 1. The van der Waals surface area contributed by atoms with Gasteiger partial charge in [-0.15, -0.1) is 0 Å². The summed E-state index contributed by atoms with van der Waals surface area (Å²) < 4.78 is 42.7. The minimum absolute atomic E-state index is 0.0698. The molecule has 0 aromatic carbocycles. The summed E-state index contributed by atoms with van der Waals surface area (Å²) in [6.07, 6.45) is -0.322. The highest BCUT2D eigenvalue weighted by atomic mass is 19.4. The normalized spacial score (nSPS) is 15.2. The molecule has 0 N–H and O–H groups in total. The van der Waals surface area contributed by atoms with Crippen LogP contribution in [0.1, 0.15) is 41.7 Å². The van der Waals surface area contributed by atoms with Gasteiger partial charge in [-0.05, 0) is 24.8 Å². The van der Waals surface area contributed by atoms with Gasteiger partial charge in [-0.3, -0.25) is 0 Å². The lowest BCUT2D eigenvalue weighted by molar-refractivity contribution is -0.629. The lowest BCUT2D eigenvalue weighted by Crippen LogP contribution is -2.39. The van der Waals surface area contributed by atoms with Crippen molar-refractivity contribution in [2.75, 3.05) is 6.61 Å². The second-order valence-corrected chi connectivity index (χ2v) is 4.82. The molecule has 1 aliphatic carbocycles. The highest BCUT2D eigenvalue weighted by Crippen LogP contribution is 2.33. The summed E-state index contributed by atoms with van der Waals surface area (Å²) in [7, 11) is 0. The van der Waals surface area contributed by atoms with E-state index in [9.17, 15) is 23.2 Å². The van der Waals surface area contributed by atoms with Gasteiger partial charge in [0.2, 0.25) is 0 Å². The van der Waals surface area contributed by atoms with E-state index in [0.29, 0.717) is 18.5 Å². The summed E-state index contributed by atoms with van der Waals surface area (Å²) in [5.74, 6) is -0.446. The first-order valence-electron chi connectivity index (χ1n) is 6.36. The summed E-state index contributed by atoms with van der Waals surface area (Å²) in [4.78, 5) is 11.7. The molecule has 0 unspecified atom stereocenters. The van der Waals surface area contributed by atoms with E-state index in [1.165, 1.54) is 12.8 Å². The molecule has 4 nitrogen and oxygen atoms in total. The van der Waals surface area contributed by atoms with E-state index in [2.05, 4.69) is 0 Å². The van der Waals surface area contributed by atoms with Crippen LogP contribution in [0, 0.1) is 11.1 Å². The Labute approximate surface area is 113 Å². The maximum atomic E-state index is 12.7. The number of pyridine rings is 1. The Morgan fingerprint density at radius 3 is 2.75 bits per heavy atom. The first kappa shape index (κ1) is 14.6. The molecular formula is C13H14F3NO3. The molecule has 1 fully saturated rings. The monoisotopic (exact) mass is 289 g/mol. The maximum Gasteiger partial charge on any atom is 0.479 e. The van der Waals surface area contributed by atoms with E-state index in [-0.39, 0.29) is 11.3 Å². The zero-order valence-corrected chi connectivity index (χ0v) is 10.7. The summed E-state index contributed by atoms with van der Waals surface area (Å²) in [6, 6.07) is 2.03. The van der Waals surface area contributed by atoms with E-state index in [4.69, 9.17) is 4.74 Å². The molecule has 1 saturated carbocycles. The molecular weight excluding hydrogens is 275 g/mol. The standard InChI is InChI=1S/C13H14F3NO3/c14-13(15,16)11-10(4-1-7-17(11)19)12(18)20-8-2-3-9-5-6-9/h1,4,7,9H,2-3,5-6,8H2. The second kappa shape index (κ2) is 5.68. The largest absolute Gasteiger partial charge is 0.618 e. The van der Waals surface area contributed by atoms with Crippen LogP contribution >= 0.6 is 0 Å². The number of halogens is 3. The van der Waals surface area contributed by atoms with Crippen LogP contribution < -0.4 is 4.73 Å². The van der Waals surface area contributed by atoms with E-state index in [0.717, 1.165) is 18.6 Å². The maximum absolute atomic E-state index is 12.7. The number of carbonyl (C=O) groups excluding carboxylic acids is 1. The molecule has 1 aromatic rings. The molecule has 0 atom stereocenters. The summed E-state index contributed by atoms with van der Waals surface area (Å²) in [6.45, 7) is 0.0698. The van der Waals surface area contributed by atoms with Crippen LogP contribution in [0.25, 0.3) is 0 Å². The van der Waals surface area contributed by atoms with Crippen LogP contribution in [0.15, 0.2) is 18.3 Å². The van der Waals surface area contributed by atoms with Crippen molar-refractivity contribution in [3.63, 3.8) is 0 Å². The third-order valence-corrected chi connectivity index (χ3v) is 3.14. The summed E-state index contributed by atoms with van der Waals surface area (Å²) in [5, 5.41) is 11.2. The van der Waals surface area contributed by atoms with Crippen LogP contribution in [0.3, 0.4) is 0 Å². The first-order chi connectivity index (χ1) is 9.39. The Morgan fingerprint density at radius 1 is 1.45 bits per heavy atom. The van der Waals surface area contributed by atoms with Crippen molar-refractivity contribution >= 4 is 5.97 Å². The van der Waals surface area contributed by atoms with Gasteiger partial charge in [0.15, 0.2) is 6.20 Å². The predicted octanol–water partition coefficient (Wildman–Crippen LogP) is 2.69. The third-order valence-electron chi connectivity index (χ3n) is 3.14. The van der Waals surface area contributed by atoms with E-state index in [1.807, 2.05) is 0 Å². The van der Waals surface area contributed by atoms with Gasteiger partial charge in [0.25, 0.3) is 0 Å².